The normalized spacial score (nSPS) is 10.2. The summed E-state index contributed by atoms with van der Waals surface area (Å²) in [7, 11) is 0. The van der Waals surface area contributed by atoms with Crippen molar-refractivity contribution in [3.8, 4) is 6.07 Å². The Labute approximate surface area is 90.1 Å². The van der Waals surface area contributed by atoms with E-state index in [0.29, 0.717) is 10.9 Å². The lowest BCUT2D eigenvalue weighted by molar-refractivity contribution is 0.0686. The third-order valence-electron chi connectivity index (χ3n) is 2.31. The molecule has 0 aliphatic rings. The molecule has 1 N–H and O–H groups in total. The van der Waals surface area contributed by atoms with E-state index >= 15 is 0 Å². The second-order valence-corrected chi connectivity index (χ2v) is 3.28. The van der Waals surface area contributed by atoms with Crippen LogP contribution in [-0.2, 0) is 6.54 Å². The number of rotatable bonds is 2. The minimum atomic E-state index is -1.13. The minimum absolute atomic E-state index is 0.0119. The van der Waals surface area contributed by atoms with E-state index in [9.17, 15) is 9.18 Å². The Balaban J connectivity index is 2.76. The molecule has 1 aromatic carbocycles. The highest BCUT2D eigenvalue weighted by atomic mass is 19.1. The van der Waals surface area contributed by atoms with Crippen molar-refractivity contribution >= 4 is 16.9 Å². The summed E-state index contributed by atoms with van der Waals surface area (Å²) in [5.74, 6) is -1.56. The third kappa shape index (κ3) is 1.50. The van der Waals surface area contributed by atoms with E-state index in [4.69, 9.17) is 10.4 Å². The zero-order chi connectivity index (χ0) is 11.7. The lowest BCUT2D eigenvalue weighted by Crippen LogP contribution is -2.07. The molecule has 0 radical (unpaired) electrons. The maximum Gasteiger partial charge on any atom is 0.352 e. The maximum atomic E-state index is 12.9. The van der Waals surface area contributed by atoms with Crippen molar-refractivity contribution in [1.29, 1.82) is 5.26 Å². The van der Waals surface area contributed by atoms with Gasteiger partial charge in [0.1, 0.15) is 18.1 Å². The number of aromatic nitrogens is 1. The fraction of sp³-hybridized carbons (Fsp3) is 0.0909. The summed E-state index contributed by atoms with van der Waals surface area (Å²) < 4.78 is 14.3. The van der Waals surface area contributed by atoms with Crippen LogP contribution in [0.15, 0.2) is 24.3 Å². The molecule has 0 saturated heterocycles. The maximum absolute atomic E-state index is 12.9. The van der Waals surface area contributed by atoms with Crippen molar-refractivity contribution in [2.24, 2.45) is 0 Å². The first kappa shape index (κ1) is 10.2. The SMILES string of the molecule is N#CCn1c(C(=O)O)cc2cc(F)ccc21. The van der Waals surface area contributed by atoms with E-state index in [2.05, 4.69) is 0 Å². The fourth-order valence-corrected chi connectivity index (χ4v) is 1.66. The van der Waals surface area contributed by atoms with Gasteiger partial charge in [-0.1, -0.05) is 0 Å². The molecule has 1 heterocycles. The number of carboxylic acid groups (broad SMARTS) is 1. The van der Waals surface area contributed by atoms with E-state index < -0.39 is 11.8 Å². The van der Waals surface area contributed by atoms with Crippen LogP contribution in [0.3, 0.4) is 0 Å². The lowest BCUT2D eigenvalue weighted by Gasteiger charge is -2.01. The Hall–Kier alpha value is -2.35. The molecule has 0 aliphatic heterocycles. The van der Waals surface area contributed by atoms with E-state index in [-0.39, 0.29) is 12.2 Å². The van der Waals surface area contributed by atoms with Gasteiger partial charge in [0.05, 0.1) is 6.07 Å². The molecule has 0 aliphatic carbocycles. The van der Waals surface area contributed by atoms with Crippen molar-refractivity contribution in [3.63, 3.8) is 0 Å². The molecule has 5 heteroatoms. The van der Waals surface area contributed by atoms with Crippen LogP contribution in [0, 0.1) is 17.1 Å². The first-order valence-electron chi connectivity index (χ1n) is 4.52. The summed E-state index contributed by atoms with van der Waals surface area (Å²) in [5, 5.41) is 18.0. The number of nitriles is 1. The number of benzene rings is 1. The largest absolute Gasteiger partial charge is 0.477 e. The van der Waals surface area contributed by atoms with Gasteiger partial charge in [-0.05, 0) is 24.3 Å². The Morgan fingerprint density at radius 1 is 1.50 bits per heavy atom. The molecule has 16 heavy (non-hydrogen) atoms. The smallest absolute Gasteiger partial charge is 0.352 e. The average molecular weight is 218 g/mol. The van der Waals surface area contributed by atoms with Gasteiger partial charge in [0, 0.05) is 10.9 Å². The van der Waals surface area contributed by atoms with Crippen LogP contribution in [0.2, 0.25) is 0 Å². The summed E-state index contributed by atoms with van der Waals surface area (Å²) in [5.41, 5.74) is 0.530. The summed E-state index contributed by atoms with van der Waals surface area (Å²) in [6.45, 7) is -0.0727. The summed E-state index contributed by atoms with van der Waals surface area (Å²) in [6, 6.07) is 7.19. The molecule has 0 saturated carbocycles. The molecule has 0 atom stereocenters. The molecule has 0 fully saturated rings. The van der Waals surface area contributed by atoms with Gasteiger partial charge in [0.15, 0.2) is 0 Å². The molecular weight excluding hydrogens is 211 g/mol. The van der Waals surface area contributed by atoms with Gasteiger partial charge in [-0.3, -0.25) is 0 Å². The molecule has 0 amide bonds. The first-order chi connectivity index (χ1) is 7.63. The highest BCUT2D eigenvalue weighted by Crippen LogP contribution is 2.21. The monoisotopic (exact) mass is 218 g/mol. The van der Waals surface area contributed by atoms with Crippen LogP contribution in [0.4, 0.5) is 4.39 Å². The Morgan fingerprint density at radius 3 is 2.88 bits per heavy atom. The number of carbonyl (C=O) groups is 1. The molecule has 0 bridgehead atoms. The highest BCUT2D eigenvalue weighted by molar-refractivity contribution is 5.94. The molecular formula is C11H7FN2O2. The van der Waals surface area contributed by atoms with Crippen LogP contribution in [0.5, 0.6) is 0 Å². The van der Waals surface area contributed by atoms with E-state index in [0.717, 1.165) is 0 Å². The van der Waals surface area contributed by atoms with Gasteiger partial charge in [-0.15, -0.1) is 0 Å². The second-order valence-electron chi connectivity index (χ2n) is 3.28. The average Bonchev–Trinajstić information content (AvgIpc) is 2.57. The Bertz CT molecular complexity index is 610. The van der Waals surface area contributed by atoms with Crippen LogP contribution in [0.25, 0.3) is 10.9 Å². The zero-order valence-corrected chi connectivity index (χ0v) is 8.14. The van der Waals surface area contributed by atoms with Gasteiger partial charge >= 0.3 is 5.97 Å². The fourth-order valence-electron chi connectivity index (χ4n) is 1.66. The van der Waals surface area contributed by atoms with Crippen LogP contribution >= 0.6 is 0 Å². The van der Waals surface area contributed by atoms with Crippen molar-refractivity contribution in [2.75, 3.05) is 0 Å². The number of aromatic carboxylic acids is 1. The van der Waals surface area contributed by atoms with Crippen molar-refractivity contribution in [2.45, 2.75) is 6.54 Å². The van der Waals surface area contributed by atoms with Crippen molar-refractivity contribution < 1.29 is 14.3 Å². The quantitative estimate of drug-likeness (QED) is 0.838. The third-order valence-corrected chi connectivity index (χ3v) is 2.31. The summed E-state index contributed by atoms with van der Waals surface area (Å²) in [4.78, 5) is 10.9. The summed E-state index contributed by atoms with van der Waals surface area (Å²) >= 11 is 0. The van der Waals surface area contributed by atoms with Gasteiger partial charge in [-0.25, -0.2) is 9.18 Å². The van der Waals surface area contributed by atoms with Crippen LogP contribution in [-0.4, -0.2) is 15.6 Å². The highest BCUT2D eigenvalue weighted by Gasteiger charge is 2.14. The number of hydrogen-bond acceptors (Lipinski definition) is 2. The van der Waals surface area contributed by atoms with Gasteiger partial charge < -0.3 is 9.67 Å². The van der Waals surface area contributed by atoms with Crippen molar-refractivity contribution in [3.05, 3.63) is 35.8 Å². The molecule has 0 unspecified atom stereocenters. The Morgan fingerprint density at radius 2 is 2.25 bits per heavy atom. The second kappa shape index (κ2) is 3.66. The van der Waals surface area contributed by atoms with E-state index in [1.54, 1.807) is 0 Å². The van der Waals surface area contributed by atoms with E-state index in [1.165, 1.54) is 28.8 Å². The Kier molecular flexibility index (Phi) is 2.33. The van der Waals surface area contributed by atoms with E-state index in [1.807, 2.05) is 6.07 Å². The molecule has 0 spiro atoms. The van der Waals surface area contributed by atoms with Crippen LogP contribution in [0.1, 0.15) is 10.5 Å². The predicted octanol–water partition coefficient (Wildman–Crippen LogP) is 2.00. The topological polar surface area (TPSA) is 66.0 Å². The van der Waals surface area contributed by atoms with Crippen LogP contribution < -0.4 is 0 Å². The van der Waals surface area contributed by atoms with Gasteiger partial charge in [-0.2, -0.15) is 5.26 Å². The number of hydrogen-bond donors (Lipinski definition) is 1. The number of halogens is 1. The lowest BCUT2D eigenvalue weighted by atomic mass is 10.2. The van der Waals surface area contributed by atoms with Gasteiger partial charge in [0.25, 0.3) is 0 Å². The molecule has 80 valence electrons. The zero-order valence-electron chi connectivity index (χ0n) is 8.14. The number of fused-ring (bicyclic) bond motifs is 1. The molecule has 4 nitrogen and oxygen atoms in total. The summed E-state index contributed by atoms with van der Waals surface area (Å²) in [6.07, 6.45) is 0. The predicted molar refractivity (Wildman–Crippen MR) is 54.5 cm³/mol. The van der Waals surface area contributed by atoms with Gasteiger partial charge in [0.2, 0.25) is 0 Å². The van der Waals surface area contributed by atoms with Crippen molar-refractivity contribution in [1.82, 2.24) is 4.57 Å². The molecule has 2 aromatic rings. The molecule has 1 aromatic heterocycles. The number of carboxylic acids is 1. The standard InChI is InChI=1S/C11H7FN2O2/c12-8-1-2-9-7(5-8)6-10(11(15)16)14(9)4-3-13/h1-2,5-6H,4H2,(H,15,16). The first-order valence-corrected chi connectivity index (χ1v) is 4.52. The molecule has 2 rings (SSSR count). The number of nitrogens with zero attached hydrogens (tertiary/aromatic N) is 2. The minimum Gasteiger partial charge on any atom is -0.477 e.